The lowest BCUT2D eigenvalue weighted by Gasteiger charge is -2.29. The maximum Gasteiger partial charge on any atom is 0.343 e. The van der Waals surface area contributed by atoms with Gasteiger partial charge in [0.2, 0.25) is 5.43 Å². The van der Waals surface area contributed by atoms with Crippen molar-refractivity contribution in [3.63, 3.8) is 0 Å². The van der Waals surface area contributed by atoms with Crippen LogP contribution in [-0.2, 0) is 11.8 Å². The Bertz CT molecular complexity index is 1880. The molecule has 0 bridgehead atoms. The normalized spacial score (nSPS) is 18.2. The molecule has 6 rings (SSSR count). The van der Waals surface area contributed by atoms with E-state index in [0.29, 0.717) is 40.6 Å². The Balaban J connectivity index is 0.00000196. The van der Waals surface area contributed by atoms with Gasteiger partial charge in [0.15, 0.2) is 5.82 Å². The van der Waals surface area contributed by atoms with Crippen LogP contribution in [-0.4, -0.2) is 76.8 Å². The van der Waals surface area contributed by atoms with Crippen LogP contribution in [0.3, 0.4) is 0 Å². The third-order valence-corrected chi connectivity index (χ3v) is 8.41. The predicted molar refractivity (Wildman–Crippen MR) is 173 cm³/mol. The lowest BCUT2D eigenvalue weighted by atomic mass is 10.0. The first-order valence-corrected chi connectivity index (χ1v) is 15.2. The highest BCUT2D eigenvalue weighted by Gasteiger charge is 2.42. The molecule has 0 amide bonds. The molecule has 4 aromatic heterocycles. The molecule has 0 aliphatic carbocycles. The molecule has 2 saturated heterocycles. The van der Waals surface area contributed by atoms with E-state index in [0.717, 1.165) is 25.6 Å². The highest BCUT2D eigenvalue weighted by atomic mass is 19.1. The lowest BCUT2D eigenvalue weighted by Crippen LogP contribution is -2.35. The van der Waals surface area contributed by atoms with E-state index in [4.69, 9.17) is 4.74 Å². The molecule has 2 aliphatic heterocycles. The second kappa shape index (κ2) is 12.8. The highest BCUT2D eigenvalue weighted by Crippen LogP contribution is 2.44. The number of ether oxygens (including phenoxy) is 1. The molecule has 0 aromatic carbocycles. The topological polar surface area (TPSA) is 108 Å². The molecule has 10 nitrogen and oxygen atoms in total. The molecule has 2 unspecified atom stereocenters. The van der Waals surface area contributed by atoms with Gasteiger partial charge in [0.05, 0.1) is 28.8 Å². The summed E-state index contributed by atoms with van der Waals surface area (Å²) in [4.78, 5) is 42.7. The Labute approximate surface area is 260 Å². The molecule has 2 fully saturated rings. The highest BCUT2D eigenvalue weighted by molar-refractivity contribution is 6.02. The van der Waals surface area contributed by atoms with Gasteiger partial charge >= 0.3 is 5.97 Å². The number of carbonyl (C=O) groups is 1. The van der Waals surface area contributed by atoms with Crippen molar-refractivity contribution in [3.05, 3.63) is 70.4 Å². The molecule has 45 heavy (non-hydrogen) atoms. The number of likely N-dealkylation sites (N-methyl/N-ethyl adjacent to an activating group) is 1. The minimum Gasteiger partial charge on any atom is -0.462 e. The van der Waals surface area contributed by atoms with Gasteiger partial charge in [-0.2, -0.15) is 0 Å². The lowest BCUT2D eigenvalue weighted by molar-refractivity contribution is 0.0524. The zero-order valence-corrected chi connectivity index (χ0v) is 26.5. The van der Waals surface area contributed by atoms with Crippen LogP contribution in [0.15, 0.2) is 47.9 Å². The van der Waals surface area contributed by atoms with Crippen molar-refractivity contribution in [2.45, 2.75) is 33.2 Å². The largest absolute Gasteiger partial charge is 0.462 e. The number of aromatic nitrogens is 4. The van der Waals surface area contributed by atoms with Crippen molar-refractivity contribution < 1.29 is 18.3 Å². The number of hydrogen-bond donors (Lipinski definition) is 2. The van der Waals surface area contributed by atoms with Crippen LogP contribution < -0.4 is 15.6 Å². The summed E-state index contributed by atoms with van der Waals surface area (Å²) < 4.78 is 37.0. The number of anilines is 1. The van der Waals surface area contributed by atoms with Gasteiger partial charge in [-0.1, -0.05) is 20.4 Å². The third kappa shape index (κ3) is 5.58. The van der Waals surface area contributed by atoms with E-state index in [1.807, 2.05) is 13.8 Å². The first-order valence-electron chi connectivity index (χ1n) is 15.2. The fourth-order valence-corrected chi connectivity index (χ4v) is 6.54. The smallest absolute Gasteiger partial charge is 0.343 e. The van der Waals surface area contributed by atoms with Gasteiger partial charge in [0, 0.05) is 69.5 Å². The van der Waals surface area contributed by atoms with Crippen LogP contribution in [0.25, 0.3) is 38.9 Å². The summed E-state index contributed by atoms with van der Waals surface area (Å²) in [6.07, 6.45) is 6.76. The molecule has 0 spiro atoms. The number of allylic oxidation sites excluding steroid dienone is 2. The number of halogens is 2. The fraction of sp³-hybridized carbons (Fsp3) is 0.394. The van der Waals surface area contributed by atoms with Crippen molar-refractivity contribution >= 4 is 39.4 Å². The Hall–Kier alpha value is -4.58. The Morgan fingerprint density at radius 2 is 2.00 bits per heavy atom. The number of likely N-dealkylation sites (tertiary alicyclic amines) is 1. The van der Waals surface area contributed by atoms with Crippen LogP contribution in [0.5, 0.6) is 0 Å². The van der Waals surface area contributed by atoms with Gasteiger partial charge in [-0.3, -0.25) is 4.79 Å². The maximum atomic E-state index is 16.5. The zero-order valence-electron chi connectivity index (χ0n) is 26.5. The van der Waals surface area contributed by atoms with E-state index >= 15 is 4.39 Å². The first-order chi connectivity index (χ1) is 21.6. The zero-order chi connectivity index (χ0) is 32.6. The summed E-state index contributed by atoms with van der Waals surface area (Å²) in [5.41, 5.74) is 2.13. The molecular weight excluding hydrogens is 580 g/mol. The van der Waals surface area contributed by atoms with Crippen molar-refractivity contribution in [1.82, 2.24) is 29.7 Å². The standard InChI is InChI=1S/C31H33F2N7O3.C2H6/c1-6-43-31(42)21-14-39(5)30-19(28(21)41)10-18(11-36-30)20-12-35-29-24(25(33)26(37-29)22(34-3)9-16(2)32)27(20)40-8-7-17-13-38(4)15-23(17)40;1-2/h9-12,14,17,23,34H,2,6-8,13,15H2,1,3-5H3,(H,35,37);1-2H3/b22-9+;. The number of pyridine rings is 3. The summed E-state index contributed by atoms with van der Waals surface area (Å²) in [7, 11) is 5.35. The van der Waals surface area contributed by atoms with Gasteiger partial charge in [-0.05, 0) is 38.5 Å². The van der Waals surface area contributed by atoms with Gasteiger partial charge < -0.3 is 29.4 Å². The maximum absolute atomic E-state index is 16.5. The van der Waals surface area contributed by atoms with Crippen molar-refractivity contribution in [2.24, 2.45) is 13.0 Å². The van der Waals surface area contributed by atoms with Crippen LogP contribution in [0.4, 0.5) is 14.5 Å². The Morgan fingerprint density at radius 3 is 2.69 bits per heavy atom. The van der Waals surface area contributed by atoms with Gasteiger partial charge in [-0.25, -0.2) is 23.5 Å². The number of nitrogens with one attached hydrogen (secondary N) is 2. The van der Waals surface area contributed by atoms with E-state index < -0.39 is 23.0 Å². The molecular formula is C33H39F2N7O3. The number of rotatable bonds is 7. The van der Waals surface area contributed by atoms with Crippen LogP contribution in [0.2, 0.25) is 0 Å². The molecule has 4 aromatic rings. The third-order valence-electron chi connectivity index (χ3n) is 8.41. The van der Waals surface area contributed by atoms with E-state index in [-0.39, 0.29) is 40.4 Å². The molecule has 0 radical (unpaired) electrons. The molecule has 12 heteroatoms. The number of esters is 1. The SMILES string of the molecule is C=C(F)/C=C(/NC)c1[nH]c2ncc(-c3cnc4c(c3)c(=O)c(C(=O)OCC)cn4C)c(N3CCC4CN(C)CC43)c2c1F.CC. The van der Waals surface area contributed by atoms with Crippen LogP contribution in [0, 0.1) is 11.7 Å². The molecule has 238 valence electrons. The van der Waals surface area contributed by atoms with E-state index in [1.54, 1.807) is 44.0 Å². The number of aromatic amines is 1. The fourth-order valence-electron chi connectivity index (χ4n) is 6.54. The van der Waals surface area contributed by atoms with E-state index in [1.165, 1.54) is 6.20 Å². The summed E-state index contributed by atoms with van der Waals surface area (Å²) in [5.74, 6) is -1.60. The van der Waals surface area contributed by atoms with Crippen molar-refractivity contribution in [1.29, 1.82) is 0 Å². The van der Waals surface area contributed by atoms with E-state index in [9.17, 15) is 14.0 Å². The molecule has 6 heterocycles. The quantitative estimate of drug-likeness (QED) is 0.220. The predicted octanol–water partition coefficient (Wildman–Crippen LogP) is 5.00. The minimum atomic E-state index is -0.723. The number of hydrogen-bond acceptors (Lipinski definition) is 8. The summed E-state index contributed by atoms with van der Waals surface area (Å²) in [6, 6.07) is 1.82. The number of nitrogens with zero attached hydrogens (tertiary/aromatic N) is 5. The van der Waals surface area contributed by atoms with Gasteiger partial charge in [0.25, 0.3) is 0 Å². The summed E-state index contributed by atoms with van der Waals surface area (Å²) >= 11 is 0. The molecule has 2 aliphatic rings. The molecule has 0 saturated carbocycles. The summed E-state index contributed by atoms with van der Waals surface area (Å²) in [6.45, 7) is 11.6. The average molecular weight is 620 g/mol. The van der Waals surface area contributed by atoms with Gasteiger partial charge in [0.1, 0.15) is 28.4 Å². The Morgan fingerprint density at radius 1 is 1.24 bits per heavy atom. The van der Waals surface area contributed by atoms with Crippen molar-refractivity contribution in [3.8, 4) is 11.1 Å². The number of fused-ring (bicyclic) bond motifs is 3. The Kier molecular flexibility index (Phi) is 9.06. The first kappa shape index (κ1) is 31.8. The van der Waals surface area contributed by atoms with E-state index in [2.05, 4.69) is 43.7 Å². The number of H-pyrrole nitrogens is 1. The summed E-state index contributed by atoms with van der Waals surface area (Å²) in [5, 5.41) is 3.34. The average Bonchev–Trinajstić information content (AvgIpc) is 3.70. The molecule has 2 atom stereocenters. The number of carbonyl (C=O) groups excluding carboxylic acids is 1. The van der Waals surface area contributed by atoms with Crippen molar-refractivity contribution in [2.75, 3.05) is 45.2 Å². The number of aryl methyl sites for hydroxylation is 1. The van der Waals surface area contributed by atoms with Crippen LogP contribution in [0.1, 0.15) is 43.2 Å². The monoisotopic (exact) mass is 619 g/mol. The minimum absolute atomic E-state index is 0.0612. The second-order valence-electron chi connectivity index (χ2n) is 11.1. The second-order valence-corrected chi connectivity index (χ2v) is 11.1. The molecule has 2 N–H and O–H groups in total. The van der Waals surface area contributed by atoms with Gasteiger partial charge in [-0.15, -0.1) is 0 Å². The van der Waals surface area contributed by atoms with Crippen LogP contribution >= 0.6 is 0 Å².